The predicted molar refractivity (Wildman–Crippen MR) is 246 cm³/mol. The van der Waals surface area contributed by atoms with Crippen molar-refractivity contribution in [3.63, 3.8) is 0 Å². The number of aliphatic imine (C=N–C) groups is 2. The lowest BCUT2D eigenvalue weighted by atomic mass is 9.75. The van der Waals surface area contributed by atoms with Crippen molar-refractivity contribution in [2.45, 2.75) is 19.4 Å². The highest BCUT2D eigenvalue weighted by molar-refractivity contribution is 6.17. The van der Waals surface area contributed by atoms with Crippen LogP contribution in [0.3, 0.4) is 0 Å². The molecule has 2 heterocycles. The molecule has 284 valence electrons. The molecule has 0 aromatic heterocycles. The van der Waals surface area contributed by atoms with Crippen LogP contribution in [-0.2, 0) is 6.54 Å². The van der Waals surface area contributed by atoms with Gasteiger partial charge in [-0.3, -0.25) is 9.98 Å². The average Bonchev–Trinajstić information content (AvgIpc) is 3.65. The Kier molecular flexibility index (Phi) is 9.19. The van der Waals surface area contributed by atoms with Gasteiger partial charge in [0.25, 0.3) is 0 Å². The van der Waals surface area contributed by atoms with Crippen LogP contribution in [0.2, 0.25) is 0 Å². The maximum Gasteiger partial charge on any atom is 0.151 e. The summed E-state index contributed by atoms with van der Waals surface area (Å²) in [6.45, 7) is 10.4. The monoisotopic (exact) mass is 762 g/mol. The Morgan fingerprint density at radius 3 is 2.36 bits per heavy atom. The highest BCUT2D eigenvalue weighted by atomic mass is 16.5. The number of fused-ring (bicyclic) bond motifs is 7. The molecule has 0 N–H and O–H groups in total. The molecule has 6 aromatic rings. The van der Waals surface area contributed by atoms with E-state index >= 15 is 0 Å². The number of anilines is 5. The van der Waals surface area contributed by atoms with Gasteiger partial charge in [-0.1, -0.05) is 134 Å². The molecule has 2 unspecified atom stereocenters. The molecule has 6 aromatic carbocycles. The van der Waals surface area contributed by atoms with E-state index in [9.17, 15) is 0 Å². The second-order valence-electron chi connectivity index (χ2n) is 15.0. The first-order chi connectivity index (χ1) is 29.1. The van der Waals surface area contributed by atoms with Crippen LogP contribution in [0.15, 0.2) is 222 Å². The Balaban J connectivity index is 1.08. The Morgan fingerprint density at radius 1 is 0.746 bits per heavy atom. The fourth-order valence-corrected chi connectivity index (χ4v) is 8.97. The average molecular weight is 763 g/mol. The van der Waals surface area contributed by atoms with Crippen molar-refractivity contribution in [2.24, 2.45) is 15.9 Å². The topological polar surface area (TPSA) is 40.4 Å². The molecule has 0 amide bonds. The zero-order valence-electron chi connectivity index (χ0n) is 32.9. The van der Waals surface area contributed by atoms with E-state index in [0.29, 0.717) is 6.54 Å². The number of para-hydroxylation sites is 5. The Bertz CT molecular complexity index is 2840. The summed E-state index contributed by atoms with van der Waals surface area (Å²) in [6, 6.07) is 49.1. The fourth-order valence-electron chi connectivity index (χ4n) is 8.97. The molecule has 0 saturated carbocycles. The number of rotatable bonds is 9. The number of hydrogen-bond acceptors (Lipinski definition) is 5. The van der Waals surface area contributed by atoms with E-state index in [4.69, 9.17) is 9.73 Å². The van der Waals surface area contributed by atoms with Crippen LogP contribution in [0.4, 0.5) is 34.1 Å². The first-order valence-corrected chi connectivity index (χ1v) is 20.1. The summed E-state index contributed by atoms with van der Waals surface area (Å²) in [5.41, 5.74) is 16.3. The summed E-state index contributed by atoms with van der Waals surface area (Å²) >= 11 is 0. The van der Waals surface area contributed by atoms with Crippen LogP contribution in [0.25, 0.3) is 11.1 Å². The van der Waals surface area contributed by atoms with Gasteiger partial charge in [-0.05, 0) is 102 Å². The van der Waals surface area contributed by atoms with Gasteiger partial charge in [0, 0.05) is 40.0 Å². The molecule has 0 bridgehead atoms. The minimum absolute atomic E-state index is 0.170. The lowest BCUT2D eigenvalue weighted by molar-refractivity contribution is 0.477. The molecule has 4 aliphatic rings. The van der Waals surface area contributed by atoms with Gasteiger partial charge in [-0.15, -0.1) is 0 Å². The van der Waals surface area contributed by atoms with Crippen LogP contribution in [0.1, 0.15) is 29.5 Å². The Labute approximate surface area is 346 Å². The first-order valence-electron chi connectivity index (χ1n) is 20.1. The van der Waals surface area contributed by atoms with Crippen molar-refractivity contribution in [1.29, 1.82) is 0 Å². The molecule has 59 heavy (non-hydrogen) atoms. The molecule has 2 aliphatic heterocycles. The van der Waals surface area contributed by atoms with E-state index in [1.54, 1.807) is 0 Å². The highest BCUT2D eigenvalue weighted by Crippen LogP contribution is 2.58. The molecule has 2 atom stereocenters. The van der Waals surface area contributed by atoms with Gasteiger partial charge in [0.1, 0.15) is 0 Å². The summed E-state index contributed by atoms with van der Waals surface area (Å²) in [7, 11) is 0. The lowest BCUT2D eigenvalue weighted by Gasteiger charge is -2.33. The van der Waals surface area contributed by atoms with E-state index in [-0.39, 0.29) is 11.8 Å². The van der Waals surface area contributed by atoms with Crippen molar-refractivity contribution in [3.05, 3.63) is 228 Å². The maximum atomic E-state index is 6.54. The second-order valence-corrected chi connectivity index (χ2v) is 15.0. The zero-order chi connectivity index (χ0) is 39.9. The van der Waals surface area contributed by atoms with Crippen molar-refractivity contribution < 1.29 is 4.74 Å². The third-order valence-corrected chi connectivity index (χ3v) is 11.7. The van der Waals surface area contributed by atoms with Crippen molar-refractivity contribution >= 4 is 46.6 Å². The smallest absolute Gasteiger partial charge is 0.151 e. The Hall–Kier alpha value is -7.50. The fraction of sp³-hybridized carbons (Fsp3) is 0.0741. The van der Waals surface area contributed by atoms with Gasteiger partial charge >= 0.3 is 0 Å². The van der Waals surface area contributed by atoms with E-state index < -0.39 is 0 Å². The van der Waals surface area contributed by atoms with Gasteiger partial charge in [-0.25, -0.2) is 0 Å². The van der Waals surface area contributed by atoms with Crippen LogP contribution in [-0.4, -0.2) is 12.4 Å². The van der Waals surface area contributed by atoms with Crippen molar-refractivity contribution in [1.82, 2.24) is 0 Å². The van der Waals surface area contributed by atoms with E-state index in [0.717, 1.165) is 67.9 Å². The summed E-state index contributed by atoms with van der Waals surface area (Å²) in [6.07, 6.45) is 17.4. The molecule has 5 nitrogen and oxygen atoms in total. The maximum absolute atomic E-state index is 6.54. The molecule has 0 spiro atoms. The van der Waals surface area contributed by atoms with Crippen LogP contribution in [0, 0.1) is 5.92 Å². The molecular weight excluding hydrogens is 721 g/mol. The van der Waals surface area contributed by atoms with Crippen molar-refractivity contribution in [2.75, 3.05) is 9.80 Å². The molecule has 0 fully saturated rings. The third-order valence-electron chi connectivity index (χ3n) is 11.7. The lowest BCUT2D eigenvalue weighted by Crippen LogP contribution is -2.21. The Morgan fingerprint density at radius 2 is 1.53 bits per heavy atom. The van der Waals surface area contributed by atoms with Crippen LogP contribution in [0.5, 0.6) is 11.5 Å². The number of benzene rings is 6. The van der Waals surface area contributed by atoms with E-state index in [2.05, 4.69) is 168 Å². The van der Waals surface area contributed by atoms with Gasteiger partial charge < -0.3 is 14.5 Å². The minimum Gasteiger partial charge on any atom is -0.453 e. The quantitative estimate of drug-likeness (QED) is 0.109. The SMILES string of the molecule is C=C/C(=C\C)C(=NCc1ccc(N2C3=CC=C4C=CC=CC4C3c3cccc(-c4ccc5c(c4)N(c4ccccc4)c4ccccc4O5)c32)cc1)c1ccccc1N=C. The summed E-state index contributed by atoms with van der Waals surface area (Å²) < 4.78 is 6.54. The number of nitrogens with zero attached hydrogens (tertiary/aromatic N) is 4. The summed E-state index contributed by atoms with van der Waals surface area (Å²) in [5, 5.41) is 0. The molecular formula is C54H42N4O. The van der Waals surface area contributed by atoms with Gasteiger partial charge in [0.2, 0.25) is 0 Å². The normalized spacial score (nSPS) is 17.4. The van der Waals surface area contributed by atoms with Crippen molar-refractivity contribution in [3.8, 4) is 22.6 Å². The highest BCUT2D eigenvalue weighted by Gasteiger charge is 2.42. The standard InChI is InChI=1S/C54H42N4O/c1-4-37(5-2)53(44-20-11-12-23-46(44)55-3)56-35-36-26-30-41(31-27-36)58-48-32-28-38-16-9-10-19-42(38)52(48)45-22-15-21-43(54(45)58)39-29-33-51-49(34-39)57(40-17-7-6-8-18-40)47-24-13-14-25-50(47)59-51/h4-34,42,52H,1,3,35H2,2H3/b37-5+,56-53?. The third kappa shape index (κ3) is 6.19. The number of hydrogen-bond donors (Lipinski definition) is 0. The first kappa shape index (κ1) is 35.9. The van der Waals surface area contributed by atoms with E-state index in [1.165, 1.54) is 28.1 Å². The van der Waals surface area contributed by atoms with Crippen LogP contribution < -0.4 is 14.5 Å². The van der Waals surface area contributed by atoms with Gasteiger partial charge in [0.05, 0.1) is 35.0 Å². The minimum atomic E-state index is 0.170. The second kappa shape index (κ2) is 15.1. The number of ether oxygens (including phenoxy) is 1. The zero-order valence-corrected chi connectivity index (χ0v) is 32.9. The van der Waals surface area contributed by atoms with Crippen LogP contribution >= 0.6 is 0 Å². The predicted octanol–water partition coefficient (Wildman–Crippen LogP) is 14.2. The molecule has 0 radical (unpaired) electrons. The van der Waals surface area contributed by atoms with Gasteiger partial charge in [0.15, 0.2) is 11.5 Å². The summed E-state index contributed by atoms with van der Waals surface area (Å²) in [4.78, 5) is 14.2. The molecule has 2 aliphatic carbocycles. The number of allylic oxidation sites excluding steroid dienone is 11. The largest absolute Gasteiger partial charge is 0.453 e. The van der Waals surface area contributed by atoms with Gasteiger partial charge in [-0.2, -0.15) is 0 Å². The summed E-state index contributed by atoms with van der Waals surface area (Å²) in [5.74, 6) is 2.07. The molecule has 10 rings (SSSR count). The molecule has 5 heteroatoms. The van der Waals surface area contributed by atoms with E-state index in [1.807, 2.05) is 55.5 Å². The molecule has 0 saturated heterocycles.